The average molecular weight is 261 g/mol. The van der Waals surface area contributed by atoms with Gasteiger partial charge in [0.1, 0.15) is 0 Å². The van der Waals surface area contributed by atoms with Gasteiger partial charge in [0.2, 0.25) is 0 Å². The molecular weight excluding hydrogens is 242 g/mol. The molecule has 0 heterocycles. The number of rotatable bonds is 7. The van der Waals surface area contributed by atoms with Crippen LogP contribution in [0.1, 0.15) is 51.9 Å². The van der Waals surface area contributed by atoms with Crippen molar-refractivity contribution in [1.82, 2.24) is 0 Å². The molecular formula is C10H19Sb. The summed E-state index contributed by atoms with van der Waals surface area (Å²) in [5, 5.41) is 0. The number of allylic oxidation sites excluding steroid dienone is 1. The van der Waals surface area contributed by atoms with Crippen LogP contribution in [0.3, 0.4) is 0 Å². The standard InChI is InChI=1S/C10H19.Sb/c1-3-5-7-9-10-8-6-4-2;/h1,3H,4-10H2,2H3;. The average Bonchev–Trinajstić information content (AvgIpc) is 2.03. The van der Waals surface area contributed by atoms with E-state index in [1.165, 1.54) is 44.9 Å². The topological polar surface area (TPSA) is 0 Å². The van der Waals surface area contributed by atoms with E-state index in [1.807, 2.05) is 0 Å². The summed E-state index contributed by atoms with van der Waals surface area (Å²) in [4.78, 5) is 0. The minimum absolute atomic E-state index is 1.29. The van der Waals surface area contributed by atoms with Crippen LogP contribution >= 0.6 is 0 Å². The Morgan fingerprint density at radius 1 is 1.00 bits per heavy atom. The first-order chi connectivity index (χ1) is 5.41. The van der Waals surface area contributed by atoms with Crippen LogP contribution in [0.4, 0.5) is 0 Å². The number of hydrogen-bond donors (Lipinski definition) is 0. The number of hydrogen-bond acceptors (Lipinski definition) is 0. The molecule has 0 spiro atoms. The van der Waals surface area contributed by atoms with Gasteiger partial charge in [0.25, 0.3) is 0 Å². The third-order valence-electron chi connectivity index (χ3n) is 1.83. The maximum atomic E-state index is 2.29. The summed E-state index contributed by atoms with van der Waals surface area (Å²) in [6, 6.07) is 0. The van der Waals surface area contributed by atoms with Crippen molar-refractivity contribution < 1.29 is 0 Å². The molecule has 0 nitrogen and oxygen atoms in total. The van der Waals surface area contributed by atoms with Crippen molar-refractivity contribution in [1.29, 1.82) is 0 Å². The molecule has 0 saturated heterocycles. The summed E-state index contributed by atoms with van der Waals surface area (Å²) >= 11 is 1.78. The van der Waals surface area contributed by atoms with Gasteiger partial charge in [-0.2, -0.15) is 0 Å². The monoisotopic (exact) mass is 260 g/mol. The van der Waals surface area contributed by atoms with Crippen LogP contribution < -0.4 is 0 Å². The van der Waals surface area contributed by atoms with E-state index in [-0.39, 0.29) is 0 Å². The molecule has 0 atom stereocenters. The Hall–Kier alpha value is 0.558. The predicted molar refractivity (Wildman–Crippen MR) is 52.9 cm³/mol. The van der Waals surface area contributed by atoms with Crippen LogP contribution in [-0.2, 0) is 0 Å². The van der Waals surface area contributed by atoms with E-state index in [2.05, 4.69) is 17.0 Å². The van der Waals surface area contributed by atoms with Crippen LogP contribution in [0.25, 0.3) is 0 Å². The van der Waals surface area contributed by atoms with Crippen molar-refractivity contribution in [3.63, 3.8) is 0 Å². The molecule has 0 aliphatic heterocycles. The van der Waals surface area contributed by atoms with E-state index in [9.17, 15) is 0 Å². The van der Waals surface area contributed by atoms with Crippen LogP contribution in [0, 0.1) is 0 Å². The van der Waals surface area contributed by atoms with E-state index in [0.29, 0.717) is 0 Å². The Labute approximate surface area is 84.9 Å². The molecule has 0 rings (SSSR count). The SMILES string of the molecule is CCCCCCCC/C=[CH]/[Sb]. The Balaban J connectivity index is 2.79. The van der Waals surface area contributed by atoms with Gasteiger partial charge >= 0.3 is 85.0 Å². The van der Waals surface area contributed by atoms with Crippen molar-refractivity contribution in [3.8, 4) is 0 Å². The van der Waals surface area contributed by atoms with Gasteiger partial charge in [-0.3, -0.25) is 0 Å². The number of unbranched alkanes of at least 4 members (excludes halogenated alkanes) is 6. The second kappa shape index (κ2) is 10.6. The molecule has 11 heavy (non-hydrogen) atoms. The zero-order chi connectivity index (χ0) is 8.36. The molecule has 64 valence electrons. The second-order valence-corrected chi connectivity index (χ2v) is 3.79. The van der Waals surface area contributed by atoms with Crippen LogP contribution in [0.15, 0.2) is 10.1 Å². The summed E-state index contributed by atoms with van der Waals surface area (Å²) in [6.45, 7) is 2.27. The summed E-state index contributed by atoms with van der Waals surface area (Å²) in [6.07, 6.45) is 12.1. The quantitative estimate of drug-likeness (QED) is 0.486. The zero-order valence-corrected chi connectivity index (χ0v) is 10.1. The van der Waals surface area contributed by atoms with Crippen LogP contribution in [0.2, 0.25) is 0 Å². The molecule has 0 unspecified atom stereocenters. The van der Waals surface area contributed by atoms with E-state index in [1.54, 1.807) is 23.0 Å². The third-order valence-corrected chi connectivity index (χ3v) is 2.43. The van der Waals surface area contributed by atoms with Crippen molar-refractivity contribution in [2.24, 2.45) is 0 Å². The van der Waals surface area contributed by atoms with Crippen molar-refractivity contribution >= 4 is 23.0 Å². The fraction of sp³-hybridized carbons (Fsp3) is 0.800. The van der Waals surface area contributed by atoms with Gasteiger partial charge in [0.15, 0.2) is 0 Å². The molecule has 0 aromatic carbocycles. The van der Waals surface area contributed by atoms with Gasteiger partial charge in [-0.15, -0.1) is 0 Å². The Morgan fingerprint density at radius 3 is 2.27 bits per heavy atom. The molecule has 1 heteroatoms. The van der Waals surface area contributed by atoms with E-state index < -0.39 is 0 Å². The first-order valence-corrected chi connectivity index (χ1v) is 6.18. The van der Waals surface area contributed by atoms with Gasteiger partial charge in [-0.1, -0.05) is 0 Å². The summed E-state index contributed by atoms with van der Waals surface area (Å²) in [7, 11) is 0. The van der Waals surface area contributed by atoms with E-state index in [0.717, 1.165) is 0 Å². The normalized spacial score (nSPS) is 11.1. The summed E-state index contributed by atoms with van der Waals surface area (Å²) in [5.74, 6) is 0. The fourth-order valence-electron chi connectivity index (χ4n) is 1.12. The molecule has 0 aromatic heterocycles. The molecule has 0 aliphatic carbocycles. The van der Waals surface area contributed by atoms with Gasteiger partial charge < -0.3 is 0 Å². The molecule has 0 amide bonds. The minimum atomic E-state index is 1.29. The van der Waals surface area contributed by atoms with Gasteiger partial charge in [-0.05, 0) is 0 Å². The maximum absolute atomic E-state index is 2.29. The van der Waals surface area contributed by atoms with Gasteiger partial charge in [0.05, 0.1) is 0 Å². The molecule has 0 fully saturated rings. The first kappa shape index (κ1) is 11.6. The van der Waals surface area contributed by atoms with Crippen LogP contribution in [0.5, 0.6) is 0 Å². The van der Waals surface area contributed by atoms with Crippen molar-refractivity contribution in [2.45, 2.75) is 51.9 Å². The molecule has 0 bridgehead atoms. The predicted octanol–water partition coefficient (Wildman–Crippen LogP) is 3.42. The molecule has 0 N–H and O–H groups in total. The zero-order valence-electron chi connectivity index (χ0n) is 7.55. The van der Waals surface area contributed by atoms with Gasteiger partial charge in [-0.25, -0.2) is 0 Å². The van der Waals surface area contributed by atoms with Crippen molar-refractivity contribution in [2.75, 3.05) is 0 Å². The molecule has 2 radical (unpaired) electrons. The van der Waals surface area contributed by atoms with Crippen LogP contribution in [-0.4, -0.2) is 23.0 Å². The molecule has 0 aromatic rings. The van der Waals surface area contributed by atoms with Gasteiger partial charge in [0, 0.05) is 0 Å². The second-order valence-electron chi connectivity index (χ2n) is 2.94. The summed E-state index contributed by atoms with van der Waals surface area (Å²) in [5.41, 5.74) is 0. The Morgan fingerprint density at radius 2 is 1.64 bits per heavy atom. The molecule has 0 aliphatic rings. The fourth-order valence-corrected chi connectivity index (χ4v) is 1.54. The Bertz CT molecular complexity index is 86.9. The Kier molecular flexibility index (Phi) is 11.1. The third kappa shape index (κ3) is 10.6. The van der Waals surface area contributed by atoms with E-state index in [4.69, 9.17) is 0 Å². The first-order valence-electron chi connectivity index (χ1n) is 4.71. The summed E-state index contributed by atoms with van der Waals surface area (Å²) < 4.78 is 2.19. The molecule has 0 saturated carbocycles. The van der Waals surface area contributed by atoms with E-state index >= 15 is 0 Å². The van der Waals surface area contributed by atoms with Crippen molar-refractivity contribution in [3.05, 3.63) is 10.1 Å².